The highest BCUT2D eigenvalue weighted by molar-refractivity contribution is 7.80. The van der Waals surface area contributed by atoms with Crippen LogP contribution in [0.15, 0.2) is 0 Å². The van der Waals surface area contributed by atoms with Crippen molar-refractivity contribution in [1.82, 2.24) is 10.2 Å². The molecule has 20 heavy (non-hydrogen) atoms. The molecule has 0 radical (unpaired) electrons. The Balaban J connectivity index is 2.28. The first-order valence-corrected chi connectivity index (χ1v) is 7.92. The second kappa shape index (κ2) is 6.48. The molecule has 1 atom stereocenters. The maximum atomic E-state index is 5.93. The molecule has 0 saturated heterocycles. The van der Waals surface area contributed by atoms with Gasteiger partial charge in [0.15, 0.2) is 5.82 Å². The fraction of sp³-hybridized carbons (Fsp3) is 0.667. The molecule has 5 heteroatoms. The van der Waals surface area contributed by atoms with E-state index in [4.69, 9.17) is 18.0 Å². The molecule has 0 amide bonds. The topological polar surface area (TPSA) is 63.8 Å². The molecule has 3 N–H and O–H groups in total. The summed E-state index contributed by atoms with van der Waals surface area (Å²) >= 11 is 5.23. The van der Waals surface area contributed by atoms with E-state index < -0.39 is 0 Å². The lowest BCUT2D eigenvalue weighted by Gasteiger charge is -2.19. The Labute approximate surface area is 126 Å². The van der Waals surface area contributed by atoms with Crippen LogP contribution in [-0.4, -0.2) is 21.2 Å². The Kier molecular flexibility index (Phi) is 4.91. The molecule has 1 fully saturated rings. The lowest BCUT2D eigenvalue weighted by atomic mass is 10.0. The van der Waals surface area contributed by atoms with E-state index in [1.54, 1.807) is 0 Å². The van der Waals surface area contributed by atoms with E-state index in [9.17, 15) is 0 Å². The molecule has 4 nitrogen and oxygen atoms in total. The maximum absolute atomic E-state index is 5.93. The van der Waals surface area contributed by atoms with Gasteiger partial charge in [-0.05, 0) is 37.7 Å². The average Bonchev–Trinajstić information content (AvgIpc) is 3.21. The van der Waals surface area contributed by atoms with Crippen LogP contribution in [0.2, 0.25) is 0 Å². The summed E-state index contributed by atoms with van der Waals surface area (Å²) in [6, 6.07) is 0.377. The quantitative estimate of drug-likeness (QED) is 0.757. The van der Waals surface area contributed by atoms with Gasteiger partial charge in [0.1, 0.15) is 4.99 Å². The molecule has 0 spiro atoms. The van der Waals surface area contributed by atoms with Crippen LogP contribution in [0.4, 0.5) is 5.82 Å². The number of nitrogens with one attached hydrogen (secondary N) is 1. The molecule has 1 heterocycles. The molecule has 1 aliphatic carbocycles. The Morgan fingerprint density at radius 3 is 2.55 bits per heavy atom. The minimum absolute atomic E-state index is 0.377. The zero-order valence-corrected chi connectivity index (χ0v) is 13.4. The van der Waals surface area contributed by atoms with E-state index in [0.717, 1.165) is 41.4 Å². The number of hydrogen-bond donors (Lipinski definition) is 2. The Morgan fingerprint density at radius 2 is 2.05 bits per heavy atom. The molecule has 2 rings (SSSR count). The zero-order chi connectivity index (χ0) is 14.7. The molecular weight excluding hydrogens is 268 g/mol. The van der Waals surface area contributed by atoms with Gasteiger partial charge in [0.25, 0.3) is 0 Å². The van der Waals surface area contributed by atoms with Crippen LogP contribution in [0.25, 0.3) is 0 Å². The van der Waals surface area contributed by atoms with Crippen molar-refractivity contribution in [3.8, 4) is 0 Å². The van der Waals surface area contributed by atoms with Gasteiger partial charge in [0.2, 0.25) is 0 Å². The fourth-order valence-electron chi connectivity index (χ4n) is 2.69. The highest BCUT2D eigenvalue weighted by Crippen LogP contribution is 2.34. The van der Waals surface area contributed by atoms with E-state index >= 15 is 0 Å². The van der Waals surface area contributed by atoms with E-state index in [0.29, 0.717) is 11.0 Å². The number of nitrogens with zero attached hydrogens (tertiary/aromatic N) is 2. The number of aromatic nitrogens is 2. The molecule has 0 bridgehead atoms. The Hall–Kier alpha value is -1.23. The number of rotatable bonds is 7. The second-order valence-corrected chi connectivity index (χ2v) is 6.08. The number of nitrogens with two attached hydrogens (primary N) is 1. The second-order valence-electron chi connectivity index (χ2n) is 5.64. The predicted molar refractivity (Wildman–Crippen MR) is 87.1 cm³/mol. The van der Waals surface area contributed by atoms with Crippen LogP contribution in [-0.2, 0) is 12.8 Å². The van der Waals surface area contributed by atoms with Gasteiger partial charge in [-0.15, -0.1) is 5.10 Å². The third-order valence-electron chi connectivity index (χ3n) is 3.86. The van der Waals surface area contributed by atoms with Crippen molar-refractivity contribution in [3.05, 3.63) is 16.8 Å². The maximum Gasteiger partial charge on any atom is 0.159 e. The number of hydrogen-bond acceptors (Lipinski definition) is 4. The van der Waals surface area contributed by atoms with Crippen molar-refractivity contribution in [2.24, 2.45) is 11.7 Å². The Bertz CT molecular complexity index is 497. The van der Waals surface area contributed by atoms with Gasteiger partial charge in [-0.1, -0.05) is 38.9 Å². The average molecular weight is 292 g/mol. The van der Waals surface area contributed by atoms with Gasteiger partial charge < -0.3 is 11.1 Å². The summed E-state index contributed by atoms with van der Waals surface area (Å²) in [5.41, 5.74) is 8.94. The first kappa shape index (κ1) is 15.2. The van der Waals surface area contributed by atoms with Crippen LogP contribution < -0.4 is 11.1 Å². The number of anilines is 1. The van der Waals surface area contributed by atoms with Crippen LogP contribution in [0.1, 0.15) is 56.9 Å². The highest BCUT2D eigenvalue weighted by Gasteiger charge is 2.25. The normalized spacial score (nSPS) is 15.9. The summed E-state index contributed by atoms with van der Waals surface area (Å²) in [7, 11) is 0. The third-order valence-corrected chi connectivity index (χ3v) is 4.06. The molecule has 1 unspecified atom stereocenters. The summed E-state index contributed by atoms with van der Waals surface area (Å²) in [5, 5.41) is 12.1. The third kappa shape index (κ3) is 3.45. The first-order chi connectivity index (χ1) is 9.56. The molecular formula is C15H24N4S. The summed E-state index contributed by atoms with van der Waals surface area (Å²) in [5.74, 6) is 1.62. The summed E-state index contributed by atoms with van der Waals surface area (Å²) in [4.78, 5) is 0.410. The molecule has 1 aliphatic rings. The van der Waals surface area contributed by atoms with Crippen LogP contribution in [0.3, 0.4) is 0 Å². The van der Waals surface area contributed by atoms with Gasteiger partial charge in [0, 0.05) is 6.04 Å². The zero-order valence-electron chi connectivity index (χ0n) is 12.6. The van der Waals surface area contributed by atoms with Crippen molar-refractivity contribution in [2.75, 3.05) is 5.32 Å². The van der Waals surface area contributed by atoms with Gasteiger partial charge in [-0.2, -0.15) is 5.10 Å². The highest BCUT2D eigenvalue weighted by atomic mass is 32.1. The Morgan fingerprint density at radius 1 is 1.35 bits per heavy atom. The van der Waals surface area contributed by atoms with Gasteiger partial charge in [-0.25, -0.2) is 0 Å². The minimum Gasteiger partial charge on any atom is -0.389 e. The van der Waals surface area contributed by atoms with Crippen molar-refractivity contribution < 1.29 is 0 Å². The van der Waals surface area contributed by atoms with Crippen molar-refractivity contribution in [2.45, 2.75) is 58.9 Å². The monoisotopic (exact) mass is 292 g/mol. The molecule has 0 aliphatic heterocycles. The van der Waals surface area contributed by atoms with E-state index in [1.807, 2.05) is 0 Å². The lowest BCUT2D eigenvalue weighted by Crippen LogP contribution is -2.24. The van der Waals surface area contributed by atoms with Crippen LogP contribution in [0, 0.1) is 5.92 Å². The fourth-order valence-corrected chi connectivity index (χ4v) is 2.91. The molecule has 1 saturated carbocycles. The lowest BCUT2D eigenvalue weighted by molar-refractivity contribution is 0.638. The van der Waals surface area contributed by atoms with E-state index in [1.165, 1.54) is 19.3 Å². The molecule has 0 aromatic carbocycles. The molecule has 1 aromatic rings. The number of aryl methyl sites for hydroxylation is 1. The number of thiocarbonyl (C=S) groups is 1. The minimum atomic E-state index is 0.377. The van der Waals surface area contributed by atoms with Crippen molar-refractivity contribution >= 4 is 23.0 Å². The summed E-state index contributed by atoms with van der Waals surface area (Å²) in [6.07, 6.45) is 5.61. The van der Waals surface area contributed by atoms with E-state index in [-0.39, 0.29) is 0 Å². The van der Waals surface area contributed by atoms with Gasteiger partial charge >= 0.3 is 0 Å². The molecule has 110 valence electrons. The predicted octanol–water partition coefficient (Wildman–Crippen LogP) is 2.84. The van der Waals surface area contributed by atoms with Crippen LogP contribution >= 0.6 is 12.2 Å². The van der Waals surface area contributed by atoms with Gasteiger partial charge in [0.05, 0.1) is 11.3 Å². The van der Waals surface area contributed by atoms with Crippen molar-refractivity contribution in [1.29, 1.82) is 0 Å². The first-order valence-electron chi connectivity index (χ1n) is 7.51. The van der Waals surface area contributed by atoms with Crippen molar-refractivity contribution in [3.63, 3.8) is 0 Å². The van der Waals surface area contributed by atoms with Crippen LogP contribution in [0.5, 0.6) is 0 Å². The smallest absolute Gasteiger partial charge is 0.159 e. The summed E-state index contributed by atoms with van der Waals surface area (Å²) < 4.78 is 0. The molecule has 1 aromatic heterocycles. The standard InChI is InChI=1S/C15H24N4S/c1-4-11-12(5-2)18-19-15(13(11)14(16)20)17-9(3)8-10-6-7-10/h9-10H,4-8H2,1-3H3,(H2,16,20)(H,17,19). The van der Waals surface area contributed by atoms with E-state index in [2.05, 4.69) is 36.3 Å². The summed E-state index contributed by atoms with van der Waals surface area (Å²) in [6.45, 7) is 6.37. The largest absolute Gasteiger partial charge is 0.389 e. The SMILES string of the molecule is CCc1nnc(NC(C)CC2CC2)c(C(N)=S)c1CC. The van der Waals surface area contributed by atoms with Gasteiger partial charge in [-0.3, -0.25) is 0 Å².